The van der Waals surface area contributed by atoms with Gasteiger partial charge in [-0.05, 0) is 37.3 Å². The number of hydrogen-bond acceptors (Lipinski definition) is 0. The van der Waals surface area contributed by atoms with Crippen molar-refractivity contribution in [3.63, 3.8) is 0 Å². The Hall–Kier alpha value is -1.44. The highest BCUT2D eigenvalue weighted by molar-refractivity contribution is 5.26. The van der Waals surface area contributed by atoms with Crippen molar-refractivity contribution in [2.24, 2.45) is 5.92 Å². The Balaban J connectivity index is 3.97. The topological polar surface area (TPSA) is 0 Å². The zero-order valence-corrected chi connectivity index (χ0v) is 11.4. The highest BCUT2D eigenvalue weighted by atomic mass is 13.9. The Kier molecular flexibility index (Phi) is 10.1. The average Bonchev–Trinajstić information content (AvgIpc) is 2.31. The number of allylic oxidation sites excluding steroid dienone is 5. The van der Waals surface area contributed by atoms with Crippen LogP contribution in [0, 0.1) is 17.8 Å². The predicted octanol–water partition coefficient (Wildman–Crippen LogP) is 5.05. The van der Waals surface area contributed by atoms with E-state index in [0.29, 0.717) is 5.92 Å². The van der Waals surface area contributed by atoms with Crippen molar-refractivity contribution in [1.29, 1.82) is 0 Å². The molecule has 1 unspecified atom stereocenters. The van der Waals surface area contributed by atoms with Crippen LogP contribution in [0.2, 0.25) is 0 Å². The normalized spacial score (nSPS) is 12.8. The van der Waals surface area contributed by atoms with E-state index in [2.05, 4.69) is 63.2 Å². The maximum Gasteiger partial charge on any atom is 0.00922 e. The summed E-state index contributed by atoms with van der Waals surface area (Å²) in [7, 11) is 0. The van der Waals surface area contributed by atoms with Gasteiger partial charge in [-0.3, -0.25) is 0 Å². The predicted molar refractivity (Wildman–Crippen MR) is 77.7 cm³/mol. The maximum absolute atomic E-state index is 3.56. The molecule has 0 rings (SSSR count). The van der Waals surface area contributed by atoms with Gasteiger partial charge in [-0.15, -0.1) is 5.73 Å². The van der Waals surface area contributed by atoms with Crippen LogP contribution in [0.3, 0.4) is 0 Å². The average molecular weight is 228 g/mol. The van der Waals surface area contributed by atoms with Crippen LogP contribution in [0.4, 0.5) is 0 Å². The minimum atomic E-state index is 0.414. The third-order valence-corrected chi connectivity index (χ3v) is 2.32. The highest BCUT2D eigenvalue weighted by Gasteiger charge is 1.86. The van der Waals surface area contributed by atoms with Crippen LogP contribution in [0.15, 0.2) is 42.2 Å². The van der Waals surface area contributed by atoms with Gasteiger partial charge < -0.3 is 0 Å². The third-order valence-electron chi connectivity index (χ3n) is 2.32. The summed E-state index contributed by atoms with van der Waals surface area (Å²) in [6, 6.07) is 0. The zero-order chi connectivity index (χ0) is 12.9. The largest absolute Gasteiger partial charge is 0.132 e. The van der Waals surface area contributed by atoms with Crippen molar-refractivity contribution in [2.75, 3.05) is 0 Å². The van der Waals surface area contributed by atoms with Crippen molar-refractivity contribution < 1.29 is 0 Å². The van der Waals surface area contributed by atoms with Crippen LogP contribution in [-0.4, -0.2) is 0 Å². The Morgan fingerprint density at radius 3 is 2.82 bits per heavy atom. The molecular formula is C17H24. The first-order valence-electron chi connectivity index (χ1n) is 6.39. The molecule has 0 nitrogen and oxygen atoms in total. The van der Waals surface area contributed by atoms with E-state index < -0.39 is 0 Å². The zero-order valence-electron chi connectivity index (χ0n) is 11.4. The lowest BCUT2D eigenvalue weighted by molar-refractivity contribution is 0.828. The second-order valence-electron chi connectivity index (χ2n) is 4.19. The van der Waals surface area contributed by atoms with Crippen LogP contribution in [0.5, 0.6) is 0 Å². The first-order valence-corrected chi connectivity index (χ1v) is 6.39. The summed E-state index contributed by atoms with van der Waals surface area (Å²) < 4.78 is 0. The Bertz CT molecular complexity index is 351. The maximum atomic E-state index is 3.56. The first kappa shape index (κ1) is 15.6. The van der Waals surface area contributed by atoms with Gasteiger partial charge in [0.1, 0.15) is 0 Å². The van der Waals surface area contributed by atoms with E-state index in [1.54, 1.807) is 0 Å². The molecule has 0 aromatic carbocycles. The fourth-order valence-electron chi connectivity index (χ4n) is 1.30. The molecule has 0 aromatic heterocycles. The molecule has 0 N–H and O–H groups in total. The summed E-state index contributed by atoms with van der Waals surface area (Å²) in [6.07, 6.45) is 12.8. The molecule has 0 fully saturated rings. The van der Waals surface area contributed by atoms with Gasteiger partial charge in [-0.1, -0.05) is 56.9 Å². The van der Waals surface area contributed by atoms with Crippen molar-refractivity contribution in [2.45, 2.75) is 46.5 Å². The van der Waals surface area contributed by atoms with Gasteiger partial charge in [-0.2, -0.15) is 0 Å². The lowest BCUT2D eigenvalue weighted by atomic mass is 10.1. The number of hydrogen-bond donors (Lipinski definition) is 0. The molecule has 17 heavy (non-hydrogen) atoms. The summed E-state index contributed by atoms with van der Waals surface area (Å²) in [5.74, 6) is 6.78. The van der Waals surface area contributed by atoms with Gasteiger partial charge in [-0.25, -0.2) is 0 Å². The molecule has 0 saturated heterocycles. The fraction of sp³-hybridized carbons (Fsp3) is 0.471. The smallest absolute Gasteiger partial charge is 0.00922 e. The summed E-state index contributed by atoms with van der Waals surface area (Å²) in [6.45, 7) is 9.94. The summed E-state index contributed by atoms with van der Waals surface area (Å²) >= 11 is 0. The fourth-order valence-corrected chi connectivity index (χ4v) is 1.30. The van der Waals surface area contributed by atoms with Crippen LogP contribution >= 0.6 is 0 Å². The molecule has 0 aromatic rings. The SMILES string of the molecule is C=C=CC(C)C=CCC=C(C)C#CCCCC. The summed E-state index contributed by atoms with van der Waals surface area (Å²) in [5, 5.41) is 0. The number of rotatable bonds is 6. The molecule has 0 aliphatic carbocycles. The van der Waals surface area contributed by atoms with Gasteiger partial charge in [0.05, 0.1) is 0 Å². The minimum Gasteiger partial charge on any atom is -0.132 e. The molecule has 0 bridgehead atoms. The van der Waals surface area contributed by atoms with Crippen molar-refractivity contribution in [3.05, 3.63) is 42.2 Å². The minimum absolute atomic E-state index is 0.414. The Morgan fingerprint density at radius 1 is 1.41 bits per heavy atom. The molecule has 0 amide bonds. The van der Waals surface area contributed by atoms with E-state index in [-0.39, 0.29) is 0 Å². The second kappa shape index (κ2) is 11.1. The lowest BCUT2D eigenvalue weighted by Gasteiger charge is -1.93. The number of unbranched alkanes of at least 4 members (excludes halogenated alkanes) is 2. The van der Waals surface area contributed by atoms with E-state index >= 15 is 0 Å². The van der Waals surface area contributed by atoms with Crippen LogP contribution in [0.1, 0.15) is 46.5 Å². The molecule has 0 spiro atoms. The van der Waals surface area contributed by atoms with E-state index in [1.165, 1.54) is 12.8 Å². The van der Waals surface area contributed by atoms with E-state index in [0.717, 1.165) is 18.4 Å². The van der Waals surface area contributed by atoms with Crippen LogP contribution < -0.4 is 0 Å². The van der Waals surface area contributed by atoms with Gasteiger partial charge in [0.15, 0.2) is 0 Å². The summed E-state index contributed by atoms with van der Waals surface area (Å²) in [5.41, 5.74) is 3.96. The molecule has 0 aliphatic heterocycles. The van der Waals surface area contributed by atoms with Gasteiger partial charge in [0.25, 0.3) is 0 Å². The van der Waals surface area contributed by atoms with Crippen LogP contribution in [-0.2, 0) is 0 Å². The molecule has 0 heterocycles. The molecule has 92 valence electrons. The van der Waals surface area contributed by atoms with Crippen molar-refractivity contribution >= 4 is 0 Å². The second-order valence-corrected chi connectivity index (χ2v) is 4.19. The third kappa shape index (κ3) is 10.8. The Morgan fingerprint density at radius 2 is 2.18 bits per heavy atom. The lowest BCUT2D eigenvalue weighted by Crippen LogP contribution is -1.79. The molecule has 0 radical (unpaired) electrons. The van der Waals surface area contributed by atoms with E-state index in [9.17, 15) is 0 Å². The monoisotopic (exact) mass is 228 g/mol. The quantitative estimate of drug-likeness (QED) is 0.258. The summed E-state index contributed by atoms with van der Waals surface area (Å²) in [4.78, 5) is 0. The van der Waals surface area contributed by atoms with Gasteiger partial charge in [0, 0.05) is 6.42 Å². The Labute approximate surface area is 107 Å². The van der Waals surface area contributed by atoms with E-state index in [4.69, 9.17) is 0 Å². The molecular weight excluding hydrogens is 204 g/mol. The standard InChI is InChI=1S/C17H24/c1-5-7-8-9-13-17(4)15-11-10-14-16(3)12-6-2/h10,12,14-16H,2,5,7-8,11H2,1,3-4H3. The van der Waals surface area contributed by atoms with Crippen LogP contribution in [0.25, 0.3) is 0 Å². The molecule has 0 heteroatoms. The molecule has 1 atom stereocenters. The van der Waals surface area contributed by atoms with E-state index in [1.807, 2.05) is 6.08 Å². The molecule has 0 saturated carbocycles. The first-order chi connectivity index (χ1) is 8.20. The van der Waals surface area contributed by atoms with Crippen molar-refractivity contribution in [1.82, 2.24) is 0 Å². The highest BCUT2D eigenvalue weighted by Crippen LogP contribution is 2.01. The van der Waals surface area contributed by atoms with Gasteiger partial charge in [0.2, 0.25) is 0 Å². The molecule has 0 aliphatic rings. The van der Waals surface area contributed by atoms with Crippen molar-refractivity contribution in [3.8, 4) is 11.8 Å². The van der Waals surface area contributed by atoms with Gasteiger partial charge >= 0.3 is 0 Å².